The fourth-order valence-electron chi connectivity index (χ4n) is 1.43. The zero-order valence-corrected chi connectivity index (χ0v) is 8.63. The highest BCUT2D eigenvalue weighted by molar-refractivity contribution is 8.10. The summed E-state index contributed by atoms with van der Waals surface area (Å²) in [4.78, 5) is 0. The SMILES string of the molecule is SCC1=CC=CC2(CS)SC12. The first-order chi connectivity index (χ1) is 5.32. The number of hydrogen-bond donors (Lipinski definition) is 2. The molecule has 1 saturated heterocycles. The van der Waals surface area contributed by atoms with Crippen LogP contribution in [0.3, 0.4) is 0 Å². The smallest absolute Gasteiger partial charge is 0.0593 e. The number of thiol groups is 2. The van der Waals surface area contributed by atoms with Gasteiger partial charge in [0.05, 0.1) is 4.75 Å². The first kappa shape index (κ1) is 8.14. The summed E-state index contributed by atoms with van der Waals surface area (Å²) >= 11 is 10.6. The summed E-state index contributed by atoms with van der Waals surface area (Å²) in [5.41, 5.74) is 1.45. The average molecular weight is 202 g/mol. The third kappa shape index (κ3) is 1.18. The third-order valence-electron chi connectivity index (χ3n) is 2.18. The fraction of sp³-hybridized carbons (Fsp3) is 0.500. The van der Waals surface area contributed by atoms with Gasteiger partial charge in [0.25, 0.3) is 0 Å². The molecule has 11 heavy (non-hydrogen) atoms. The van der Waals surface area contributed by atoms with Gasteiger partial charge in [-0.2, -0.15) is 25.3 Å². The number of thioether (sulfide) groups is 1. The van der Waals surface area contributed by atoms with Crippen LogP contribution in [0, 0.1) is 0 Å². The van der Waals surface area contributed by atoms with E-state index in [-0.39, 0.29) is 0 Å². The zero-order valence-electron chi connectivity index (χ0n) is 6.03. The third-order valence-corrected chi connectivity index (χ3v) is 4.94. The Labute approximate surface area is 82.3 Å². The Hall–Kier alpha value is 0.530. The summed E-state index contributed by atoms with van der Waals surface area (Å²) in [6.45, 7) is 0. The van der Waals surface area contributed by atoms with Gasteiger partial charge in [-0.25, -0.2) is 0 Å². The predicted octanol–water partition coefficient (Wildman–Crippen LogP) is 2.20. The summed E-state index contributed by atoms with van der Waals surface area (Å²) in [5.74, 6) is 1.83. The van der Waals surface area contributed by atoms with Crippen molar-refractivity contribution in [3.05, 3.63) is 23.8 Å². The molecule has 1 aliphatic carbocycles. The second kappa shape index (κ2) is 2.79. The van der Waals surface area contributed by atoms with Crippen molar-refractivity contribution in [2.24, 2.45) is 0 Å². The van der Waals surface area contributed by atoms with E-state index in [0.717, 1.165) is 11.5 Å². The van der Waals surface area contributed by atoms with Gasteiger partial charge in [0, 0.05) is 16.8 Å². The van der Waals surface area contributed by atoms with Gasteiger partial charge in [-0.3, -0.25) is 0 Å². The molecule has 0 aromatic heterocycles. The Kier molecular flexibility index (Phi) is 2.06. The molecule has 0 bridgehead atoms. The summed E-state index contributed by atoms with van der Waals surface area (Å²) < 4.78 is 0.343. The quantitative estimate of drug-likeness (QED) is 0.511. The number of hydrogen-bond acceptors (Lipinski definition) is 3. The second-order valence-corrected chi connectivity index (χ2v) is 4.97. The Bertz CT molecular complexity index is 231. The molecule has 60 valence electrons. The Morgan fingerprint density at radius 2 is 2.36 bits per heavy atom. The van der Waals surface area contributed by atoms with Crippen molar-refractivity contribution in [2.75, 3.05) is 11.5 Å². The fourth-order valence-corrected chi connectivity index (χ4v) is 3.71. The standard InChI is InChI=1S/C8H10S3/c9-4-6-2-1-3-8(5-10)7(6)11-8/h1-3,7,9-10H,4-5H2. The van der Waals surface area contributed by atoms with Gasteiger partial charge < -0.3 is 0 Å². The maximum Gasteiger partial charge on any atom is 0.0593 e. The molecular formula is C8H10S3. The lowest BCUT2D eigenvalue weighted by Crippen LogP contribution is -2.17. The monoisotopic (exact) mass is 202 g/mol. The minimum absolute atomic E-state index is 0.343. The van der Waals surface area contributed by atoms with Crippen molar-refractivity contribution in [1.82, 2.24) is 0 Å². The van der Waals surface area contributed by atoms with Crippen molar-refractivity contribution in [3.8, 4) is 0 Å². The lowest BCUT2D eigenvalue weighted by molar-refractivity contribution is 0.902. The van der Waals surface area contributed by atoms with Crippen LogP contribution in [0.4, 0.5) is 0 Å². The Morgan fingerprint density at radius 3 is 3.00 bits per heavy atom. The normalized spacial score (nSPS) is 39.8. The zero-order chi connectivity index (χ0) is 7.90. The van der Waals surface area contributed by atoms with Crippen LogP contribution in [0.5, 0.6) is 0 Å². The molecule has 2 unspecified atom stereocenters. The van der Waals surface area contributed by atoms with Gasteiger partial charge in [-0.1, -0.05) is 18.2 Å². The molecule has 3 heteroatoms. The molecule has 0 aromatic rings. The minimum Gasteiger partial charge on any atom is -0.178 e. The summed E-state index contributed by atoms with van der Waals surface area (Å²) in [6.07, 6.45) is 6.58. The molecule has 2 atom stereocenters. The lowest BCUT2D eigenvalue weighted by Gasteiger charge is -2.11. The molecule has 2 rings (SSSR count). The van der Waals surface area contributed by atoms with E-state index in [4.69, 9.17) is 0 Å². The molecule has 0 nitrogen and oxygen atoms in total. The number of rotatable bonds is 2. The highest BCUT2D eigenvalue weighted by atomic mass is 32.2. The Balaban J connectivity index is 2.20. The predicted molar refractivity (Wildman–Crippen MR) is 59.0 cm³/mol. The van der Waals surface area contributed by atoms with Gasteiger partial charge in [0.1, 0.15) is 0 Å². The molecule has 0 N–H and O–H groups in total. The van der Waals surface area contributed by atoms with Crippen LogP contribution in [-0.4, -0.2) is 21.5 Å². The van der Waals surface area contributed by atoms with E-state index in [1.807, 2.05) is 11.8 Å². The lowest BCUT2D eigenvalue weighted by atomic mass is 9.97. The van der Waals surface area contributed by atoms with E-state index in [2.05, 4.69) is 43.5 Å². The van der Waals surface area contributed by atoms with Crippen molar-refractivity contribution in [1.29, 1.82) is 0 Å². The maximum absolute atomic E-state index is 4.35. The second-order valence-electron chi connectivity index (χ2n) is 2.87. The molecule has 1 aliphatic heterocycles. The number of fused-ring (bicyclic) bond motifs is 1. The van der Waals surface area contributed by atoms with Crippen LogP contribution in [-0.2, 0) is 0 Å². The van der Waals surface area contributed by atoms with Crippen molar-refractivity contribution in [2.45, 2.75) is 10.00 Å². The molecule has 1 fully saturated rings. The highest BCUT2D eigenvalue weighted by Gasteiger charge is 2.54. The van der Waals surface area contributed by atoms with Gasteiger partial charge in [0.2, 0.25) is 0 Å². The average Bonchev–Trinajstić information content (AvgIpc) is 2.78. The van der Waals surface area contributed by atoms with E-state index >= 15 is 0 Å². The maximum atomic E-state index is 4.35. The first-order valence-electron chi connectivity index (χ1n) is 3.60. The molecule has 0 spiro atoms. The molecule has 0 radical (unpaired) electrons. The van der Waals surface area contributed by atoms with E-state index in [0.29, 0.717) is 10.00 Å². The first-order valence-corrected chi connectivity index (χ1v) is 5.75. The van der Waals surface area contributed by atoms with Crippen LogP contribution in [0.1, 0.15) is 0 Å². The molecular weight excluding hydrogens is 192 g/mol. The van der Waals surface area contributed by atoms with E-state index in [1.165, 1.54) is 5.57 Å². The van der Waals surface area contributed by atoms with E-state index in [9.17, 15) is 0 Å². The molecule has 0 saturated carbocycles. The molecule has 1 heterocycles. The summed E-state index contributed by atoms with van der Waals surface area (Å²) in [5, 5.41) is 0.683. The van der Waals surface area contributed by atoms with E-state index in [1.54, 1.807) is 0 Å². The van der Waals surface area contributed by atoms with Crippen molar-refractivity contribution in [3.63, 3.8) is 0 Å². The van der Waals surface area contributed by atoms with Gasteiger partial charge in [0.15, 0.2) is 0 Å². The van der Waals surface area contributed by atoms with Crippen LogP contribution in [0.15, 0.2) is 23.8 Å². The van der Waals surface area contributed by atoms with Crippen LogP contribution in [0.2, 0.25) is 0 Å². The van der Waals surface area contributed by atoms with Gasteiger partial charge >= 0.3 is 0 Å². The Morgan fingerprint density at radius 1 is 1.55 bits per heavy atom. The highest BCUT2D eigenvalue weighted by Crippen LogP contribution is 2.60. The van der Waals surface area contributed by atoms with Crippen molar-refractivity contribution < 1.29 is 0 Å². The van der Waals surface area contributed by atoms with Crippen LogP contribution in [0.25, 0.3) is 0 Å². The van der Waals surface area contributed by atoms with Crippen LogP contribution < -0.4 is 0 Å². The van der Waals surface area contributed by atoms with Crippen LogP contribution >= 0.6 is 37.0 Å². The summed E-state index contributed by atoms with van der Waals surface area (Å²) in [7, 11) is 0. The molecule has 2 aliphatic rings. The van der Waals surface area contributed by atoms with Crippen molar-refractivity contribution >= 4 is 37.0 Å². The minimum atomic E-state index is 0.343. The number of allylic oxidation sites excluding steroid dienone is 2. The van der Waals surface area contributed by atoms with Gasteiger partial charge in [-0.15, -0.1) is 11.8 Å². The topological polar surface area (TPSA) is 0 Å². The summed E-state index contributed by atoms with van der Waals surface area (Å²) in [6, 6.07) is 0. The largest absolute Gasteiger partial charge is 0.178 e. The molecule has 0 aromatic carbocycles. The molecule has 0 amide bonds. The van der Waals surface area contributed by atoms with E-state index < -0.39 is 0 Å². The van der Waals surface area contributed by atoms with Gasteiger partial charge in [-0.05, 0) is 5.57 Å².